The molecule has 0 spiro atoms. The molecule has 80 valence electrons. The Morgan fingerprint density at radius 1 is 1.20 bits per heavy atom. The number of aromatic nitrogens is 2. The van der Waals surface area contributed by atoms with Gasteiger partial charge in [-0.1, -0.05) is 13.8 Å². The number of carboxylic acid groups (broad SMARTS) is 1. The van der Waals surface area contributed by atoms with Crippen LogP contribution in [-0.2, 0) is 0 Å². The number of carboxylic acids is 1. The first kappa shape index (κ1) is 11.0. The van der Waals surface area contributed by atoms with Crippen molar-refractivity contribution in [3.05, 3.63) is 34.2 Å². The summed E-state index contributed by atoms with van der Waals surface area (Å²) in [6.07, 6.45) is 0. The van der Waals surface area contributed by atoms with Gasteiger partial charge in [-0.2, -0.15) is 0 Å². The van der Waals surface area contributed by atoms with Gasteiger partial charge in [0.25, 0.3) is 0 Å². The highest BCUT2D eigenvalue weighted by Crippen LogP contribution is 2.09. The predicted molar refractivity (Wildman–Crippen MR) is 57.2 cm³/mol. The Labute approximate surface area is 85.8 Å². The zero-order valence-electron chi connectivity index (χ0n) is 8.50. The number of aromatic amines is 2. The lowest BCUT2D eigenvalue weighted by atomic mass is 10.2. The molecule has 0 fully saturated rings. The van der Waals surface area contributed by atoms with Gasteiger partial charge in [0.15, 0.2) is 0 Å². The molecule has 1 heterocycles. The van der Waals surface area contributed by atoms with Gasteiger partial charge in [0, 0.05) is 0 Å². The lowest BCUT2D eigenvalue weighted by Gasteiger charge is -1.92. The number of hydrogen-bond donors (Lipinski definition) is 3. The van der Waals surface area contributed by atoms with Crippen LogP contribution < -0.4 is 5.69 Å². The predicted octanol–water partition coefficient (Wildman–Crippen LogP) is 1.58. The van der Waals surface area contributed by atoms with E-state index in [0.717, 1.165) is 0 Å². The lowest BCUT2D eigenvalue weighted by Crippen LogP contribution is -1.99. The Morgan fingerprint density at radius 3 is 2.40 bits per heavy atom. The molecule has 0 saturated heterocycles. The third-order valence-corrected chi connectivity index (χ3v) is 1.76. The van der Waals surface area contributed by atoms with Gasteiger partial charge in [-0.3, -0.25) is 0 Å². The largest absolute Gasteiger partial charge is 0.478 e. The molecule has 1 aromatic carbocycles. The van der Waals surface area contributed by atoms with Gasteiger partial charge < -0.3 is 15.1 Å². The van der Waals surface area contributed by atoms with Crippen molar-refractivity contribution in [1.29, 1.82) is 0 Å². The van der Waals surface area contributed by atoms with Crippen LogP contribution in [-0.4, -0.2) is 21.0 Å². The minimum Gasteiger partial charge on any atom is -0.478 e. The van der Waals surface area contributed by atoms with Crippen molar-refractivity contribution < 1.29 is 9.90 Å². The Bertz CT molecular complexity index is 525. The maximum Gasteiger partial charge on any atom is 0.335 e. The van der Waals surface area contributed by atoms with Crippen LogP contribution in [0.15, 0.2) is 23.0 Å². The number of imidazole rings is 1. The van der Waals surface area contributed by atoms with Crippen molar-refractivity contribution in [2.24, 2.45) is 0 Å². The van der Waals surface area contributed by atoms with E-state index in [1.807, 2.05) is 13.8 Å². The number of aromatic carboxylic acids is 1. The third-order valence-electron chi connectivity index (χ3n) is 1.76. The molecule has 15 heavy (non-hydrogen) atoms. The monoisotopic (exact) mass is 208 g/mol. The van der Waals surface area contributed by atoms with E-state index in [9.17, 15) is 9.59 Å². The number of benzene rings is 1. The van der Waals surface area contributed by atoms with Crippen LogP contribution in [0.2, 0.25) is 0 Å². The third kappa shape index (κ3) is 2.25. The molecule has 5 nitrogen and oxygen atoms in total. The van der Waals surface area contributed by atoms with E-state index in [1.54, 1.807) is 6.07 Å². The summed E-state index contributed by atoms with van der Waals surface area (Å²) in [4.78, 5) is 26.4. The summed E-state index contributed by atoms with van der Waals surface area (Å²) >= 11 is 0. The van der Waals surface area contributed by atoms with Gasteiger partial charge in [0.1, 0.15) is 0 Å². The van der Waals surface area contributed by atoms with Crippen LogP contribution in [0, 0.1) is 0 Å². The minimum absolute atomic E-state index is 0.155. The summed E-state index contributed by atoms with van der Waals surface area (Å²) in [6.45, 7) is 4.00. The summed E-state index contributed by atoms with van der Waals surface area (Å²) in [5.74, 6) is -1.01. The van der Waals surface area contributed by atoms with Crippen molar-refractivity contribution in [1.82, 2.24) is 9.97 Å². The summed E-state index contributed by atoms with van der Waals surface area (Å²) < 4.78 is 0. The van der Waals surface area contributed by atoms with Crippen LogP contribution in [0.1, 0.15) is 24.2 Å². The fraction of sp³-hybridized carbons (Fsp3) is 0.200. The lowest BCUT2D eigenvalue weighted by molar-refractivity contribution is 0.0697. The minimum atomic E-state index is -1.01. The highest BCUT2D eigenvalue weighted by Gasteiger charge is 2.04. The molecule has 0 aliphatic carbocycles. The Morgan fingerprint density at radius 2 is 1.80 bits per heavy atom. The summed E-state index contributed by atoms with van der Waals surface area (Å²) in [7, 11) is 0. The van der Waals surface area contributed by atoms with Crippen molar-refractivity contribution in [2.75, 3.05) is 0 Å². The maximum absolute atomic E-state index is 10.8. The smallest absolute Gasteiger partial charge is 0.335 e. The van der Waals surface area contributed by atoms with Crippen molar-refractivity contribution in [2.45, 2.75) is 13.8 Å². The Kier molecular flexibility index (Phi) is 3.28. The van der Waals surface area contributed by atoms with Gasteiger partial charge in [-0.25, -0.2) is 9.59 Å². The number of H-pyrrole nitrogens is 2. The zero-order valence-corrected chi connectivity index (χ0v) is 8.50. The molecule has 0 saturated carbocycles. The summed E-state index contributed by atoms with van der Waals surface area (Å²) in [6, 6.07) is 4.40. The summed E-state index contributed by atoms with van der Waals surface area (Å²) in [5.41, 5.74) is 0.931. The molecule has 0 aliphatic rings. The quantitative estimate of drug-likeness (QED) is 0.665. The number of carbonyl (C=O) groups is 1. The Hall–Kier alpha value is -2.04. The molecular formula is C10H12N2O3. The van der Waals surface area contributed by atoms with Gasteiger partial charge in [-0.05, 0) is 18.2 Å². The first-order valence-corrected chi connectivity index (χ1v) is 4.62. The van der Waals surface area contributed by atoms with Crippen molar-refractivity contribution in [3.8, 4) is 0 Å². The first-order chi connectivity index (χ1) is 7.16. The first-order valence-electron chi connectivity index (χ1n) is 4.62. The van der Waals surface area contributed by atoms with E-state index in [2.05, 4.69) is 9.97 Å². The van der Waals surface area contributed by atoms with Crippen LogP contribution >= 0.6 is 0 Å². The van der Waals surface area contributed by atoms with E-state index in [4.69, 9.17) is 5.11 Å². The molecule has 3 N–H and O–H groups in total. The highest BCUT2D eigenvalue weighted by molar-refractivity contribution is 5.92. The van der Waals surface area contributed by atoms with Crippen molar-refractivity contribution >= 4 is 17.0 Å². The van der Waals surface area contributed by atoms with Gasteiger partial charge in [0.2, 0.25) is 0 Å². The molecule has 2 rings (SSSR count). The van der Waals surface area contributed by atoms with E-state index in [-0.39, 0.29) is 11.3 Å². The fourth-order valence-electron chi connectivity index (χ4n) is 1.17. The van der Waals surface area contributed by atoms with Crippen LogP contribution in [0.5, 0.6) is 0 Å². The highest BCUT2D eigenvalue weighted by atomic mass is 16.4. The van der Waals surface area contributed by atoms with Gasteiger partial charge >= 0.3 is 11.7 Å². The van der Waals surface area contributed by atoms with Crippen LogP contribution in [0.3, 0.4) is 0 Å². The molecule has 2 aromatic rings. The Balaban J connectivity index is 0.000000531. The molecule has 1 aromatic heterocycles. The second-order valence-corrected chi connectivity index (χ2v) is 2.64. The van der Waals surface area contributed by atoms with Crippen LogP contribution in [0.25, 0.3) is 11.0 Å². The van der Waals surface area contributed by atoms with Crippen molar-refractivity contribution in [3.63, 3.8) is 0 Å². The molecule has 0 aliphatic heterocycles. The normalized spacial score (nSPS) is 9.47. The second-order valence-electron chi connectivity index (χ2n) is 2.64. The number of hydrogen-bond acceptors (Lipinski definition) is 2. The molecular weight excluding hydrogens is 196 g/mol. The number of nitrogens with one attached hydrogen (secondary N) is 2. The molecule has 0 bridgehead atoms. The van der Waals surface area contributed by atoms with E-state index in [1.165, 1.54) is 12.1 Å². The summed E-state index contributed by atoms with van der Waals surface area (Å²) in [5, 5.41) is 8.65. The van der Waals surface area contributed by atoms with E-state index >= 15 is 0 Å². The van der Waals surface area contributed by atoms with E-state index in [0.29, 0.717) is 11.0 Å². The maximum atomic E-state index is 10.8. The zero-order chi connectivity index (χ0) is 11.4. The van der Waals surface area contributed by atoms with Crippen LogP contribution in [0.4, 0.5) is 0 Å². The topological polar surface area (TPSA) is 85.9 Å². The van der Waals surface area contributed by atoms with Gasteiger partial charge in [0.05, 0.1) is 16.6 Å². The number of fused-ring (bicyclic) bond motifs is 1. The fourth-order valence-corrected chi connectivity index (χ4v) is 1.17. The molecule has 0 unspecified atom stereocenters. The average Bonchev–Trinajstić information content (AvgIpc) is 2.59. The van der Waals surface area contributed by atoms with E-state index < -0.39 is 5.97 Å². The second kappa shape index (κ2) is 4.45. The molecule has 0 amide bonds. The standard InChI is InChI=1S/C8H6N2O3.C2H6/c11-7(12)4-1-2-5-6(3-4)10-8(13)9-5;1-2/h1-3H,(H,11,12)(H2,9,10,13);1-2H3. The molecule has 0 atom stereocenters. The average molecular weight is 208 g/mol. The molecule has 5 heteroatoms. The number of rotatable bonds is 1. The SMILES string of the molecule is CC.O=C(O)c1ccc2[nH]c(=O)[nH]c2c1. The molecule has 0 radical (unpaired) electrons. The van der Waals surface area contributed by atoms with Gasteiger partial charge in [-0.15, -0.1) is 0 Å².